The zero-order valence-corrected chi connectivity index (χ0v) is 10.7. The molecule has 0 aliphatic carbocycles. The van der Waals surface area contributed by atoms with E-state index in [-0.39, 0.29) is 11.9 Å². The molecule has 2 nitrogen and oxygen atoms in total. The second kappa shape index (κ2) is 5.56. The number of hydrogen-bond acceptors (Lipinski definition) is 1. The Kier molecular flexibility index (Phi) is 4.68. The molecule has 76 valence electrons. The van der Waals surface area contributed by atoms with E-state index in [1.807, 2.05) is 19.1 Å². The summed E-state index contributed by atoms with van der Waals surface area (Å²) >= 11 is 7.79. The molecule has 1 unspecified atom stereocenters. The standard InChI is InChI=1S/C10H11ClINO/c1-7(6-11)13-10(14)8-2-4-9(12)5-3-8/h2-5,7H,6H2,1H3,(H,13,14). The van der Waals surface area contributed by atoms with Crippen LogP contribution in [0.15, 0.2) is 24.3 Å². The SMILES string of the molecule is CC(CCl)NC(=O)c1ccc(I)cc1. The van der Waals surface area contributed by atoms with Gasteiger partial charge in [0.25, 0.3) is 5.91 Å². The van der Waals surface area contributed by atoms with E-state index < -0.39 is 0 Å². The number of carbonyl (C=O) groups excluding carboxylic acids is 1. The Morgan fingerprint density at radius 1 is 1.50 bits per heavy atom. The Morgan fingerprint density at radius 2 is 2.07 bits per heavy atom. The van der Waals surface area contributed by atoms with Gasteiger partial charge in [-0.1, -0.05) is 0 Å². The van der Waals surface area contributed by atoms with Crippen molar-refractivity contribution in [2.24, 2.45) is 0 Å². The molecule has 0 radical (unpaired) electrons. The lowest BCUT2D eigenvalue weighted by atomic mass is 10.2. The second-order valence-electron chi connectivity index (χ2n) is 3.04. The smallest absolute Gasteiger partial charge is 0.251 e. The first-order valence-corrected chi connectivity index (χ1v) is 5.87. The Labute approximate surface area is 102 Å². The van der Waals surface area contributed by atoms with Crippen molar-refractivity contribution >= 4 is 40.1 Å². The fourth-order valence-electron chi connectivity index (χ4n) is 0.947. The summed E-state index contributed by atoms with van der Waals surface area (Å²) in [6, 6.07) is 7.42. The van der Waals surface area contributed by atoms with Crippen LogP contribution in [-0.4, -0.2) is 17.8 Å². The molecule has 0 spiro atoms. The molecule has 1 rings (SSSR count). The molecular formula is C10H11ClINO. The molecule has 0 saturated heterocycles. The highest BCUT2D eigenvalue weighted by molar-refractivity contribution is 14.1. The van der Waals surface area contributed by atoms with Crippen molar-refractivity contribution in [3.8, 4) is 0 Å². The van der Waals surface area contributed by atoms with Crippen LogP contribution in [0.2, 0.25) is 0 Å². The first-order chi connectivity index (χ1) is 6.63. The number of hydrogen-bond donors (Lipinski definition) is 1. The topological polar surface area (TPSA) is 29.1 Å². The van der Waals surface area contributed by atoms with Crippen LogP contribution in [0, 0.1) is 3.57 Å². The second-order valence-corrected chi connectivity index (χ2v) is 4.59. The molecule has 0 heterocycles. The van der Waals surface area contributed by atoms with Gasteiger partial charge >= 0.3 is 0 Å². The van der Waals surface area contributed by atoms with E-state index in [4.69, 9.17) is 11.6 Å². The van der Waals surface area contributed by atoms with Crippen LogP contribution in [-0.2, 0) is 0 Å². The van der Waals surface area contributed by atoms with Gasteiger partial charge in [-0.25, -0.2) is 0 Å². The summed E-state index contributed by atoms with van der Waals surface area (Å²) in [4.78, 5) is 11.6. The molecule has 1 aromatic rings. The summed E-state index contributed by atoms with van der Waals surface area (Å²) in [6.45, 7) is 1.87. The fourth-order valence-corrected chi connectivity index (χ4v) is 1.38. The van der Waals surface area contributed by atoms with E-state index in [0.29, 0.717) is 11.4 Å². The largest absolute Gasteiger partial charge is 0.348 e. The van der Waals surface area contributed by atoms with E-state index in [1.165, 1.54) is 0 Å². The lowest BCUT2D eigenvalue weighted by molar-refractivity contribution is 0.0943. The maximum atomic E-state index is 11.6. The molecule has 0 bridgehead atoms. The number of nitrogens with one attached hydrogen (secondary N) is 1. The van der Waals surface area contributed by atoms with E-state index in [1.54, 1.807) is 12.1 Å². The van der Waals surface area contributed by atoms with Crippen LogP contribution >= 0.6 is 34.2 Å². The predicted molar refractivity (Wildman–Crippen MR) is 66.8 cm³/mol. The summed E-state index contributed by atoms with van der Waals surface area (Å²) in [6.07, 6.45) is 0. The van der Waals surface area contributed by atoms with Crippen LogP contribution in [0.25, 0.3) is 0 Å². The van der Waals surface area contributed by atoms with Crippen molar-refractivity contribution in [3.63, 3.8) is 0 Å². The average molecular weight is 324 g/mol. The lowest BCUT2D eigenvalue weighted by Crippen LogP contribution is -2.33. The minimum atomic E-state index is -0.0745. The third-order valence-corrected chi connectivity index (χ3v) is 2.90. The monoisotopic (exact) mass is 323 g/mol. The molecule has 0 fully saturated rings. The number of carbonyl (C=O) groups is 1. The zero-order valence-electron chi connectivity index (χ0n) is 7.76. The summed E-state index contributed by atoms with van der Waals surface area (Å²) in [7, 11) is 0. The highest BCUT2D eigenvalue weighted by Crippen LogP contribution is 2.06. The quantitative estimate of drug-likeness (QED) is 0.672. The molecule has 1 amide bonds. The third-order valence-electron chi connectivity index (χ3n) is 1.72. The van der Waals surface area contributed by atoms with Crippen molar-refractivity contribution in [2.45, 2.75) is 13.0 Å². The van der Waals surface area contributed by atoms with Crippen LogP contribution < -0.4 is 5.32 Å². The number of benzene rings is 1. The van der Waals surface area contributed by atoms with Crippen LogP contribution in [0.3, 0.4) is 0 Å². The van der Waals surface area contributed by atoms with Gasteiger partial charge in [0.1, 0.15) is 0 Å². The van der Waals surface area contributed by atoms with Gasteiger partial charge in [0.2, 0.25) is 0 Å². The van der Waals surface area contributed by atoms with Crippen molar-refractivity contribution < 1.29 is 4.79 Å². The summed E-state index contributed by atoms with van der Waals surface area (Å²) in [5.41, 5.74) is 0.669. The van der Waals surface area contributed by atoms with Gasteiger partial charge in [0.15, 0.2) is 0 Å². The lowest BCUT2D eigenvalue weighted by Gasteiger charge is -2.10. The number of halogens is 2. The highest BCUT2D eigenvalue weighted by Gasteiger charge is 2.07. The molecule has 1 N–H and O–H groups in total. The first kappa shape index (κ1) is 11.8. The van der Waals surface area contributed by atoms with Crippen LogP contribution in [0.4, 0.5) is 0 Å². The maximum Gasteiger partial charge on any atom is 0.251 e. The van der Waals surface area contributed by atoms with Gasteiger partial charge in [-0.2, -0.15) is 0 Å². The fraction of sp³-hybridized carbons (Fsp3) is 0.300. The molecule has 0 aliphatic rings. The number of amides is 1. The Hall–Kier alpha value is -0.290. The van der Waals surface area contributed by atoms with E-state index in [0.717, 1.165) is 3.57 Å². The van der Waals surface area contributed by atoms with Crippen molar-refractivity contribution in [1.29, 1.82) is 0 Å². The zero-order chi connectivity index (χ0) is 10.6. The van der Waals surface area contributed by atoms with Gasteiger partial charge < -0.3 is 5.32 Å². The van der Waals surface area contributed by atoms with Gasteiger partial charge in [-0.3, -0.25) is 4.79 Å². The molecule has 0 aromatic heterocycles. The van der Waals surface area contributed by atoms with Gasteiger partial charge in [0.05, 0.1) is 0 Å². The van der Waals surface area contributed by atoms with E-state index >= 15 is 0 Å². The van der Waals surface area contributed by atoms with Crippen LogP contribution in [0.5, 0.6) is 0 Å². The van der Waals surface area contributed by atoms with Gasteiger partial charge in [-0.15, -0.1) is 11.6 Å². The molecule has 0 aliphatic heterocycles. The molecule has 4 heteroatoms. The van der Waals surface area contributed by atoms with Crippen molar-refractivity contribution in [3.05, 3.63) is 33.4 Å². The highest BCUT2D eigenvalue weighted by atomic mass is 127. The normalized spacial score (nSPS) is 12.2. The molecule has 0 saturated carbocycles. The summed E-state index contributed by atoms with van der Waals surface area (Å²) in [5.74, 6) is 0.352. The third kappa shape index (κ3) is 3.46. The maximum absolute atomic E-state index is 11.6. The van der Waals surface area contributed by atoms with Gasteiger partial charge in [-0.05, 0) is 53.8 Å². The summed E-state index contributed by atoms with van der Waals surface area (Å²) < 4.78 is 1.12. The molecule has 1 atom stereocenters. The summed E-state index contributed by atoms with van der Waals surface area (Å²) in [5, 5.41) is 2.79. The Morgan fingerprint density at radius 3 is 2.57 bits per heavy atom. The Balaban J connectivity index is 2.65. The number of rotatable bonds is 3. The minimum Gasteiger partial charge on any atom is -0.348 e. The van der Waals surface area contributed by atoms with E-state index in [9.17, 15) is 4.79 Å². The number of alkyl halides is 1. The molecule has 14 heavy (non-hydrogen) atoms. The first-order valence-electron chi connectivity index (χ1n) is 4.26. The molecular weight excluding hydrogens is 312 g/mol. The molecule has 1 aromatic carbocycles. The van der Waals surface area contributed by atoms with Crippen molar-refractivity contribution in [2.75, 3.05) is 5.88 Å². The Bertz CT molecular complexity index is 312. The predicted octanol–water partition coefficient (Wildman–Crippen LogP) is 2.65. The van der Waals surface area contributed by atoms with Crippen LogP contribution in [0.1, 0.15) is 17.3 Å². The van der Waals surface area contributed by atoms with Gasteiger partial charge in [0, 0.05) is 21.1 Å². The minimum absolute atomic E-state index is 0.00319. The average Bonchev–Trinajstić information content (AvgIpc) is 2.18. The van der Waals surface area contributed by atoms with Crippen molar-refractivity contribution in [1.82, 2.24) is 5.32 Å². The van der Waals surface area contributed by atoms with E-state index in [2.05, 4.69) is 27.9 Å².